The van der Waals surface area contributed by atoms with Crippen LogP contribution in [0.15, 0.2) is 30.3 Å². The zero-order valence-corrected chi connectivity index (χ0v) is 15.9. The summed E-state index contributed by atoms with van der Waals surface area (Å²) >= 11 is 0. The van der Waals surface area contributed by atoms with Crippen molar-refractivity contribution in [3.05, 3.63) is 35.9 Å². The molecule has 1 rings (SSSR count). The molecule has 0 heterocycles. The first-order valence-electron chi connectivity index (χ1n) is 9.11. The Hall–Kier alpha value is -1.42. The Bertz CT molecular complexity index is 448. The van der Waals surface area contributed by atoms with Crippen LogP contribution in [0.2, 0.25) is 0 Å². The van der Waals surface area contributed by atoms with Gasteiger partial charge in [0.15, 0.2) is 6.04 Å². The van der Waals surface area contributed by atoms with Gasteiger partial charge in [-0.3, -0.25) is 4.79 Å². The number of carbonyl (C=O) groups is 1. The summed E-state index contributed by atoms with van der Waals surface area (Å²) in [7, 11) is 4.25. The molecule has 1 unspecified atom stereocenters. The molecule has 0 bridgehead atoms. The first-order valence-corrected chi connectivity index (χ1v) is 9.11. The van der Waals surface area contributed by atoms with Gasteiger partial charge in [-0.2, -0.15) is 0 Å². The number of hydrogen-bond donors (Lipinski definition) is 1. The van der Waals surface area contributed by atoms with Crippen molar-refractivity contribution >= 4 is 5.91 Å². The lowest BCUT2D eigenvalue weighted by atomic mass is 10.1. The van der Waals surface area contributed by atoms with Crippen LogP contribution in [0.1, 0.15) is 57.9 Å². The average molecular weight is 339 g/mol. The second-order valence-electron chi connectivity index (χ2n) is 7.16. The van der Waals surface area contributed by atoms with Gasteiger partial charge in [-0.05, 0) is 13.3 Å². The maximum atomic E-state index is 12.4. The van der Waals surface area contributed by atoms with E-state index < -0.39 is 0 Å². The Kier molecular flexibility index (Phi) is 11.3. The second kappa shape index (κ2) is 12.0. The van der Waals surface area contributed by atoms with Crippen LogP contribution in [0.4, 0.5) is 0 Å². The lowest BCUT2D eigenvalue weighted by Gasteiger charge is -2.35. The summed E-state index contributed by atoms with van der Waals surface area (Å²) in [6, 6.07) is 10.3. The average Bonchev–Trinajstić information content (AvgIpc) is 2.53. The molecule has 3 nitrogen and oxygen atoms in total. The fourth-order valence-corrected chi connectivity index (χ4v) is 2.77. The van der Waals surface area contributed by atoms with Crippen LogP contribution in [0, 0.1) is 0 Å². The van der Waals surface area contributed by atoms with Gasteiger partial charge in [0.05, 0.1) is 14.1 Å². The maximum absolute atomic E-state index is 12.4. The van der Waals surface area contributed by atoms with Crippen molar-refractivity contribution in [2.24, 2.45) is 0 Å². The lowest BCUT2D eigenvalue weighted by molar-refractivity contribution is -0.917. The molecule has 0 aliphatic heterocycles. The SMILES string of the molecule is CCCCCCCCNC(=O)C(C)[N+](C)(C)Cc1ccccc1.[F-]. The zero-order valence-electron chi connectivity index (χ0n) is 15.9. The van der Waals surface area contributed by atoms with Crippen LogP contribution in [0.25, 0.3) is 0 Å². The molecule has 1 amide bonds. The molecule has 24 heavy (non-hydrogen) atoms. The van der Waals surface area contributed by atoms with Crippen LogP contribution in [-0.2, 0) is 11.3 Å². The smallest absolute Gasteiger partial charge is 0.278 e. The number of nitrogens with one attached hydrogen (secondary N) is 1. The Balaban J connectivity index is 0.00000529. The molecule has 1 N–H and O–H groups in total. The van der Waals surface area contributed by atoms with E-state index in [-0.39, 0.29) is 16.7 Å². The maximum Gasteiger partial charge on any atom is 0.278 e. The Morgan fingerprint density at radius 3 is 2.25 bits per heavy atom. The van der Waals surface area contributed by atoms with Crippen LogP contribution in [0.5, 0.6) is 0 Å². The number of halogens is 1. The summed E-state index contributed by atoms with van der Waals surface area (Å²) in [4.78, 5) is 12.4. The fourth-order valence-electron chi connectivity index (χ4n) is 2.77. The number of nitrogens with zero attached hydrogens (tertiary/aromatic N) is 1. The van der Waals surface area contributed by atoms with Gasteiger partial charge in [0.2, 0.25) is 0 Å². The Morgan fingerprint density at radius 1 is 1.04 bits per heavy atom. The van der Waals surface area contributed by atoms with Crippen molar-refractivity contribution in [1.29, 1.82) is 0 Å². The summed E-state index contributed by atoms with van der Waals surface area (Å²) in [6.07, 6.45) is 7.53. The first-order chi connectivity index (χ1) is 11.0. The van der Waals surface area contributed by atoms with E-state index in [4.69, 9.17) is 0 Å². The van der Waals surface area contributed by atoms with Gasteiger partial charge in [0.25, 0.3) is 5.91 Å². The molecule has 0 saturated carbocycles. The third-order valence-electron chi connectivity index (χ3n) is 4.69. The van der Waals surface area contributed by atoms with Gasteiger partial charge in [-0.25, -0.2) is 0 Å². The summed E-state index contributed by atoms with van der Waals surface area (Å²) in [5, 5.41) is 3.11. The van der Waals surface area contributed by atoms with Crippen molar-refractivity contribution in [3.8, 4) is 0 Å². The van der Waals surface area contributed by atoms with Crippen LogP contribution in [-0.4, -0.2) is 37.1 Å². The molecule has 0 spiro atoms. The van der Waals surface area contributed by atoms with Crippen molar-refractivity contribution in [1.82, 2.24) is 5.32 Å². The Morgan fingerprint density at radius 2 is 1.62 bits per heavy atom. The number of benzene rings is 1. The highest BCUT2D eigenvalue weighted by atomic mass is 19.0. The highest BCUT2D eigenvalue weighted by molar-refractivity contribution is 5.80. The number of likely N-dealkylation sites (N-methyl/N-ethyl adjacent to an activating group) is 1. The van der Waals surface area contributed by atoms with E-state index >= 15 is 0 Å². The molecule has 138 valence electrons. The molecule has 0 aliphatic carbocycles. The number of rotatable bonds is 11. The molecule has 4 heteroatoms. The molecule has 0 radical (unpaired) electrons. The highest BCUT2D eigenvalue weighted by Crippen LogP contribution is 2.14. The molecule has 1 aromatic rings. The van der Waals surface area contributed by atoms with E-state index in [9.17, 15) is 4.79 Å². The van der Waals surface area contributed by atoms with Gasteiger partial charge in [0, 0.05) is 12.1 Å². The van der Waals surface area contributed by atoms with Gasteiger partial charge < -0.3 is 14.5 Å². The third kappa shape index (κ3) is 8.44. The van der Waals surface area contributed by atoms with Gasteiger partial charge in [0.1, 0.15) is 6.54 Å². The normalized spacial score (nSPS) is 12.3. The molecular weight excluding hydrogens is 303 g/mol. The number of quaternary nitrogens is 1. The summed E-state index contributed by atoms with van der Waals surface area (Å²) in [5.41, 5.74) is 1.27. The van der Waals surface area contributed by atoms with Crippen molar-refractivity contribution in [3.63, 3.8) is 0 Å². The molecule has 0 aliphatic rings. The highest BCUT2D eigenvalue weighted by Gasteiger charge is 2.30. The number of carbonyl (C=O) groups excluding carboxylic acids is 1. The number of unbranched alkanes of at least 4 members (excludes halogenated alkanes) is 5. The third-order valence-corrected chi connectivity index (χ3v) is 4.69. The lowest BCUT2D eigenvalue weighted by Crippen LogP contribution is -3.00. The number of hydrogen-bond acceptors (Lipinski definition) is 1. The van der Waals surface area contributed by atoms with Crippen LogP contribution in [0.3, 0.4) is 0 Å². The van der Waals surface area contributed by atoms with Gasteiger partial charge in [-0.1, -0.05) is 69.4 Å². The van der Waals surface area contributed by atoms with Crippen molar-refractivity contribution in [2.45, 2.75) is 65.0 Å². The minimum Gasteiger partial charge on any atom is -1.00 e. The molecule has 0 saturated heterocycles. The van der Waals surface area contributed by atoms with Crippen molar-refractivity contribution < 1.29 is 14.0 Å². The predicted octanol–water partition coefficient (Wildman–Crippen LogP) is 1.13. The Labute approximate surface area is 147 Å². The topological polar surface area (TPSA) is 29.1 Å². The first kappa shape index (κ1) is 22.6. The molecule has 0 fully saturated rings. The minimum absolute atomic E-state index is 0. The standard InChI is InChI=1S/C20H34N2O.FH/c1-5-6-7-8-9-13-16-21-20(23)18(2)22(3,4)17-19-14-11-10-12-15-19;/h10-12,14-15,18H,5-9,13,16-17H2,1-4H3;1H. The van der Waals surface area contributed by atoms with Gasteiger partial charge >= 0.3 is 0 Å². The van der Waals surface area contributed by atoms with E-state index in [1.54, 1.807) is 0 Å². The summed E-state index contributed by atoms with van der Waals surface area (Å²) in [6.45, 7) is 5.93. The molecule has 0 aromatic heterocycles. The molecule has 1 atom stereocenters. The summed E-state index contributed by atoms with van der Waals surface area (Å²) in [5.74, 6) is 0.166. The fraction of sp³-hybridized carbons (Fsp3) is 0.650. The second-order valence-corrected chi connectivity index (χ2v) is 7.16. The number of amides is 1. The van der Waals surface area contributed by atoms with E-state index in [0.29, 0.717) is 4.48 Å². The van der Waals surface area contributed by atoms with Crippen LogP contribution >= 0.6 is 0 Å². The summed E-state index contributed by atoms with van der Waals surface area (Å²) < 4.78 is 0.673. The van der Waals surface area contributed by atoms with E-state index in [0.717, 1.165) is 19.5 Å². The van der Waals surface area contributed by atoms with E-state index in [1.165, 1.54) is 37.7 Å². The monoisotopic (exact) mass is 338 g/mol. The van der Waals surface area contributed by atoms with Crippen molar-refractivity contribution in [2.75, 3.05) is 20.6 Å². The zero-order chi connectivity index (χ0) is 17.1. The van der Waals surface area contributed by atoms with E-state index in [1.807, 2.05) is 13.0 Å². The predicted molar refractivity (Wildman–Crippen MR) is 98.1 cm³/mol. The van der Waals surface area contributed by atoms with Crippen LogP contribution < -0.4 is 10.0 Å². The molecular formula is C20H35FN2O. The van der Waals surface area contributed by atoms with E-state index in [2.05, 4.69) is 50.6 Å². The minimum atomic E-state index is -0.0460. The largest absolute Gasteiger partial charge is 1.00 e. The quantitative estimate of drug-likeness (QED) is 0.476. The van der Waals surface area contributed by atoms with Gasteiger partial charge in [-0.15, -0.1) is 0 Å². The molecule has 1 aromatic carbocycles.